The van der Waals surface area contributed by atoms with Crippen molar-refractivity contribution in [1.82, 2.24) is 15.0 Å². The number of furan rings is 1. The first-order valence-corrected chi connectivity index (χ1v) is 24.2. The van der Waals surface area contributed by atoms with E-state index < -0.39 is 0 Å². The Balaban J connectivity index is 0.988. The van der Waals surface area contributed by atoms with Crippen molar-refractivity contribution in [2.75, 3.05) is 0 Å². The molecule has 328 valence electrons. The molecule has 0 aliphatic heterocycles. The average Bonchev–Trinajstić information content (AvgIpc) is 3.81. The topological polar surface area (TPSA) is 51.8 Å². The van der Waals surface area contributed by atoms with Gasteiger partial charge in [0.05, 0.1) is 0 Å². The van der Waals surface area contributed by atoms with Crippen LogP contribution in [0.25, 0.3) is 154 Å². The fourth-order valence-corrected chi connectivity index (χ4v) is 11.6. The Bertz CT molecular complexity index is 4520. The summed E-state index contributed by atoms with van der Waals surface area (Å²) in [5, 5.41) is 18.8. The Morgan fingerprint density at radius 3 is 0.986 bits per heavy atom. The van der Waals surface area contributed by atoms with Crippen molar-refractivity contribution in [3.05, 3.63) is 237 Å². The van der Waals surface area contributed by atoms with Gasteiger partial charge in [-0.15, -0.1) is 0 Å². The summed E-state index contributed by atoms with van der Waals surface area (Å²) in [7, 11) is 0. The van der Waals surface area contributed by atoms with Gasteiger partial charge in [-0.05, 0) is 122 Å². The second-order valence-corrected chi connectivity index (χ2v) is 18.5. The summed E-state index contributed by atoms with van der Waals surface area (Å²) in [6.45, 7) is 0. The summed E-state index contributed by atoms with van der Waals surface area (Å²) in [5.74, 6) is 1.91. The van der Waals surface area contributed by atoms with Gasteiger partial charge in [-0.2, -0.15) is 0 Å². The van der Waals surface area contributed by atoms with Crippen molar-refractivity contribution in [2.45, 2.75) is 0 Å². The fraction of sp³-hybridized carbons (Fsp3) is 0. The van der Waals surface area contributed by atoms with Crippen LogP contribution in [-0.4, -0.2) is 15.0 Å². The van der Waals surface area contributed by atoms with Gasteiger partial charge in [0, 0.05) is 27.5 Å². The Hall–Kier alpha value is -9.51. The van der Waals surface area contributed by atoms with Crippen LogP contribution in [-0.2, 0) is 0 Å². The minimum absolute atomic E-state index is 0.636. The fourth-order valence-electron chi connectivity index (χ4n) is 11.6. The van der Waals surface area contributed by atoms with E-state index in [0.717, 1.165) is 65.7 Å². The average molecular weight is 902 g/mol. The summed E-state index contributed by atoms with van der Waals surface area (Å²) in [5.41, 5.74) is 9.35. The molecule has 0 fully saturated rings. The van der Waals surface area contributed by atoms with Crippen molar-refractivity contribution in [3.8, 4) is 56.4 Å². The third kappa shape index (κ3) is 6.01. The molecule has 0 saturated heterocycles. The molecule has 4 nitrogen and oxygen atoms in total. The molecule has 0 aliphatic rings. The van der Waals surface area contributed by atoms with Gasteiger partial charge in [-0.1, -0.05) is 212 Å². The quantitative estimate of drug-likeness (QED) is 0.128. The smallest absolute Gasteiger partial charge is 0.165 e. The first-order valence-electron chi connectivity index (χ1n) is 24.2. The Kier molecular flexibility index (Phi) is 8.62. The van der Waals surface area contributed by atoms with Gasteiger partial charge in [0.25, 0.3) is 0 Å². The predicted molar refractivity (Wildman–Crippen MR) is 297 cm³/mol. The Labute approximate surface area is 407 Å². The Morgan fingerprint density at radius 2 is 0.535 bits per heavy atom. The number of benzene rings is 13. The van der Waals surface area contributed by atoms with E-state index in [1.54, 1.807) is 0 Å². The SMILES string of the molecule is c1ccc(-c2nc(-c3ccccc3)nc(-c3c4ccccc4c(-c4c5ccccc5c(-c5ccc6oc7cc8c9ccccc9c9ccccc9c8cc7c6c5)c5ccccc45)c4ccccc34)n2)cc1. The first kappa shape index (κ1) is 39.5. The van der Waals surface area contributed by atoms with Crippen LogP contribution in [0.15, 0.2) is 241 Å². The number of hydrogen-bond acceptors (Lipinski definition) is 4. The summed E-state index contributed by atoms with van der Waals surface area (Å²) >= 11 is 0. The first-order chi connectivity index (χ1) is 35.2. The number of nitrogens with zero attached hydrogens (tertiary/aromatic N) is 3. The molecule has 0 unspecified atom stereocenters. The summed E-state index contributed by atoms with van der Waals surface area (Å²) in [6.07, 6.45) is 0. The molecule has 0 spiro atoms. The van der Waals surface area contributed by atoms with Crippen molar-refractivity contribution in [1.29, 1.82) is 0 Å². The lowest BCUT2D eigenvalue weighted by Crippen LogP contribution is -2.01. The van der Waals surface area contributed by atoms with Crippen LogP contribution in [0.1, 0.15) is 0 Å². The van der Waals surface area contributed by atoms with Crippen molar-refractivity contribution in [3.63, 3.8) is 0 Å². The van der Waals surface area contributed by atoms with E-state index in [0.29, 0.717) is 17.5 Å². The van der Waals surface area contributed by atoms with Gasteiger partial charge in [-0.3, -0.25) is 0 Å². The van der Waals surface area contributed by atoms with Crippen LogP contribution in [0.3, 0.4) is 0 Å². The van der Waals surface area contributed by atoms with Crippen LogP contribution < -0.4 is 0 Å². The van der Waals surface area contributed by atoms with Crippen LogP contribution in [0.4, 0.5) is 0 Å². The minimum Gasteiger partial charge on any atom is -0.456 e. The van der Waals surface area contributed by atoms with Gasteiger partial charge < -0.3 is 4.42 Å². The maximum absolute atomic E-state index is 6.73. The molecule has 15 rings (SSSR count). The molecule has 0 N–H and O–H groups in total. The highest BCUT2D eigenvalue weighted by molar-refractivity contribution is 6.31. The molecule has 13 aromatic carbocycles. The Morgan fingerprint density at radius 1 is 0.197 bits per heavy atom. The van der Waals surface area contributed by atoms with Crippen LogP contribution in [0, 0.1) is 0 Å². The maximum atomic E-state index is 6.73. The largest absolute Gasteiger partial charge is 0.456 e. The lowest BCUT2D eigenvalue weighted by Gasteiger charge is -2.22. The number of rotatable bonds is 5. The van der Waals surface area contributed by atoms with Gasteiger partial charge in [-0.25, -0.2) is 15.0 Å². The predicted octanol–water partition coefficient (Wildman–Crippen LogP) is 18.2. The second kappa shape index (κ2) is 15.5. The molecule has 2 aromatic heterocycles. The third-order valence-corrected chi connectivity index (χ3v) is 14.7. The lowest BCUT2D eigenvalue weighted by molar-refractivity contribution is 0.669. The van der Waals surface area contributed by atoms with Crippen molar-refractivity contribution >= 4 is 97.3 Å². The van der Waals surface area contributed by atoms with Crippen molar-refractivity contribution in [2.24, 2.45) is 0 Å². The monoisotopic (exact) mass is 901 g/mol. The molecule has 4 heteroatoms. The maximum Gasteiger partial charge on any atom is 0.165 e. The summed E-state index contributed by atoms with van der Waals surface area (Å²) in [6, 6.07) is 84.7. The molecule has 0 aliphatic carbocycles. The van der Waals surface area contributed by atoms with Crippen molar-refractivity contribution < 1.29 is 4.42 Å². The highest BCUT2D eigenvalue weighted by Crippen LogP contribution is 2.51. The van der Waals surface area contributed by atoms with Gasteiger partial charge in [0.15, 0.2) is 17.5 Å². The van der Waals surface area contributed by atoms with Gasteiger partial charge in [0.2, 0.25) is 0 Å². The number of aromatic nitrogens is 3. The van der Waals surface area contributed by atoms with E-state index in [-0.39, 0.29) is 0 Å². The third-order valence-electron chi connectivity index (χ3n) is 14.7. The molecule has 71 heavy (non-hydrogen) atoms. The highest BCUT2D eigenvalue weighted by atomic mass is 16.3. The molecule has 0 atom stereocenters. The van der Waals surface area contributed by atoms with Crippen LogP contribution >= 0.6 is 0 Å². The molecule has 0 amide bonds. The summed E-state index contributed by atoms with van der Waals surface area (Å²) < 4.78 is 6.73. The zero-order valence-corrected chi connectivity index (χ0v) is 38.3. The van der Waals surface area contributed by atoms with E-state index in [1.807, 2.05) is 36.4 Å². The lowest BCUT2D eigenvalue weighted by atomic mass is 9.81. The molecule has 0 radical (unpaired) electrons. The molecule has 2 heterocycles. The van der Waals surface area contributed by atoms with E-state index >= 15 is 0 Å². The normalized spacial score (nSPS) is 11.9. The molecule has 0 bridgehead atoms. The highest BCUT2D eigenvalue weighted by Gasteiger charge is 2.25. The van der Waals surface area contributed by atoms with E-state index in [4.69, 9.17) is 19.4 Å². The minimum atomic E-state index is 0.636. The van der Waals surface area contributed by atoms with Crippen LogP contribution in [0.5, 0.6) is 0 Å². The van der Waals surface area contributed by atoms with Gasteiger partial charge in [0.1, 0.15) is 11.2 Å². The molecular formula is C67H39N3O. The molecular weight excluding hydrogens is 863 g/mol. The summed E-state index contributed by atoms with van der Waals surface area (Å²) in [4.78, 5) is 15.6. The zero-order valence-electron chi connectivity index (χ0n) is 38.3. The number of fused-ring (bicyclic) bond motifs is 13. The molecule has 15 aromatic rings. The van der Waals surface area contributed by atoms with E-state index in [1.165, 1.54) is 70.6 Å². The second-order valence-electron chi connectivity index (χ2n) is 18.5. The van der Waals surface area contributed by atoms with Crippen LogP contribution in [0.2, 0.25) is 0 Å². The standard InChI is InChI=1S/C67H39N3O/c1-3-19-40(20-4-1)65-68-66(41-21-5-2-6-22-41)70-67(69-65)64-53-33-17-15-31-51(53)63(52-32-16-18-34-54(52)64)62-49-29-13-11-27-47(49)61(48-28-12-14-30-50(48)62)42-35-36-59-57(37-42)58-38-55-45-25-9-7-23-43(45)44-24-8-10-26-46(44)56(55)39-60(58)71-59/h1-39H. The zero-order chi connectivity index (χ0) is 46.6. The van der Waals surface area contributed by atoms with E-state index in [9.17, 15) is 0 Å². The number of hydrogen-bond donors (Lipinski definition) is 0. The van der Waals surface area contributed by atoms with E-state index in [2.05, 4.69) is 200 Å². The van der Waals surface area contributed by atoms with Gasteiger partial charge >= 0.3 is 0 Å². The molecule has 0 saturated carbocycles.